The fraction of sp³-hybridized carbons (Fsp3) is 0.200. The number of hydrogen-bond donors (Lipinski definition) is 0. The zero-order valence-electron chi connectivity index (χ0n) is 13.1. The van der Waals surface area contributed by atoms with Crippen LogP contribution in [0.5, 0.6) is 0 Å². The second kappa shape index (κ2) is 7.05. The molecule has 1 saturated carbocycles. The molecular weight excluding hydrogens is 286 g/mol. The van der Waals surface area contributed by atoms with Crippen molar-refractivity contribution in [2.24, 2.45) is 11.1 Å². The molecule has 0 aliphatic heterocycles. The van der Waals surface area contributed by atoms with E-state index in [2.05, 4.69) is 17.3 Å². The molecule has 0 radical (unpaired) electrons. The van der Waals surface area contributed by atoms with Crippen molar-refractivity contribution in [3.63, 3.8) is 0 Å². The van der Waals surface area contributed by atoms with Gasteiger partial charge in [-0.05, 0) is 36.5 Å². The van der Waals surface area contributed by atoms with E-state index in [0.29, 0.717) is 5.71 Å². The van der Waals surface area contributed by atoms with Crippen molar-refractivity contribution in [2.75, 3.05) is 0 Å². The first-order valence-corrected chi connectivity index (χ1v) is 7.77. The molecule has 1 fully saturated rings. The first-order chi connectivity index (χ1) is 11.2. The van der Waals surface area contributed by atoms with E-state index in [1.807, 2.05) is 67.6 Å². The smallest absolute Gasteiger partial charge is 0.318 e. The normalized spacial score (nSPS) is 20.5. The molecule has 0 unspecified atom stereocenters. The lowest BCUT2D eigenvalue weighted by molar-refractivity contribution is -0.145. The maximum Gasteiger partial charge on any atom is 0.338 e. The minimum Gasteiger partial charge on any atom is -0.318 e. The summed E-state index contributed by atoms with van der Waals surface area (Å²) >= 11 is 0. The van der Waals surface area contributed by atoms with Crippen LogP contribution in [-0.4, -0.2) is 11.7 Å². The maximum atomic E-state index is 12.0. The fourth-order valence-electron chi connectivity index (χ4n) is 2.52. The monoisotopic (exact) mass is 305 g/mol. The number of rotatable bonds is 5. The van der Waals surface area contributed by atoms with E-state index in [4.69, 9.17) is 4.84 Å². The summed E-state index contributed by atoms with van der Waals surface area (Å²) in [5, 5.41) is 3.91. The molecule has 23 heavy (non-hydrogen) atoms. The Morgan fingerprint density at radius 1 is 1.09 bits per heavy atom. The van der Waals surface area contributed by atoms with E-state index in [1.54, 1.807) is 0 Å². The molecule has 1 aliphatic carbocycles. The molecular formula is C20H19NO2. The third-order valence-electron chi connectivity index (χ3n) is 3.92. The van der Waals surface area contributed by atoms with E-state index in [1.165, 1.54) is 5.56 Å². The third-order valence-corrected chi connectivity index (χ3v) is 3.92. The Morgan fingerprint density at radius 2 is 1.74 bits per heavy atom. The van der Waals surface area contributed by atoms with E-state index in [0.717, 1.165) is 12.0 Å². The van der Waals surface area contributed by atoms with Crippen LogP contribution in [0.25, 0.3) is 6.08 Å². The first kappa shape index (κ1) is 15.2. The van der Waals surface area contributed by atoms with Crippen molar-refractivity contribution < 1.29 is 9.63 Å². The number of benzene rings is 2. The van der Waals surface area contributed by atoms with Crippen LogP contribution < -0.4 is 0 Å². The number of nitrogens with zero attached hydrogens (tertiary/aromatic N) is 1. The van der Waals surface area contributed by atoms with Crippen LogP contribution in [0.15, 0.2) is 71.9 Å². The number of allylic oxidation sites excluding steroid dienone is 1. The van der Waals surface area contributed by atoms with Crippen LogP contribution in [0.3, 0.4) is 0 Å². The number of carbonyl (C=O) groups is 1. The Bertz CT molecular complexity index is 720. The zero-order valence-corrected chi connectivity index (χ0v) is 13.1. The summed E-state index contributed by atoms with van der Waals surface area (Å²) in [6, 6.07) is 20.0. The van der Waals surface area contributed by atoms with Gasteiger partial charge in [0.05, 0.1) is 11.6 Å². The minimum absolute atomic E-state index is 0.0629. The fourth-order valence-corrected chi connectivity index (χ4v) is 2.52. The highest BCUT2D eigenvalue weighted by atomic mass is 16.7. The van der Waals surface area contributed by atoms with Gasteiger partial charge in [0.1, 0.15) is 0 Å². The van der Waals surface area contributed by atoms with E-state index < -0.39 is 0 Å². The lowest BCUT2D eigenvalue weighted by Gasteiger charge is -1.99. The van der Waals surface area contributed by atoms with Gasteiger partial charge < -0.3 is 4.84 Å². The Balaban J connectivity index is 1.52. The summed E-state index contributed by atoms with van der Waals surface area (Å²) in [7, 11) is 0. The molecule has 0 saturated heterocycles. The molecule has 0 amide bonds. The van der Waals surface area contributed by atoms with Crippen LogP contribution in [0.1, 0.15) is 30.4 Å². The molecule has 116 valence electrons. The minimum atomic E-state index is -0.244. The second-order valence-electron chi connectivity index (χ2n) is 5.75. The zero-order chi connectivity index (χ0) is 16.1. The molecule has 0 spiro atoms. The molecule has 3 rings (SSSR count). The van der Waals surface area contributed by atoms with Gasteiger partial charge >= 0.3 is 5.97 Å². The summed E-state index contributed by atoms with van der Waals surface area (Å²) in [4.78, 5) is 17.1. The van der Waals surface area contributed by atoms with Gasteiger partial charge in [-0.1, -0.05) is 71.9 Å². The average Bonchev–Trinajstić information content (AvgIpc) is 3.40. The highest BCUT2D eigenvalue weighted by Gasteiger charge is 2.45. The van der Waals surface area contributed by atoms with Gasteiger partial charge in [-0.2, -0.15) is 0 Å². The second-order valence-corrected chi connectivity index (χ2v) is 5.75. The highest BCUT2D eigenvalue weighted by Crippen LogP contribution is 2.48. The van der Waals surface area contributed by atoms with Crippen molar-refractivity contribution in [2.45, 2.75) is 19.3 Å². The van der Waals surface area contributed by atoms with Crippen molar-refractivity contribution in [3.05, 3.63) is 77.9 Å². The topological polar surface area (TPSA) is 38.7 Å². The van der Waals surface area contributed by atoms with Crippen LogP contribution in [0, 0.1) is 5.92 Å². The molecule has 3 heteroatoms. The Labute approximate surface area is 136 Å². The van der Waals surface area contributed by atoms with Gasteiger partial charge in [0.25, 0.3) is 0 Å². The quantitative estimate of drug-likeness (QED) is 0.466. The van der Waals surface area contributed by atoms with Crippen LogP contribution >= 0.6 is 0 Å². The highest BCUT2D eigenvalue weighted by molar-refractivity contribution is 5.96. The van der Waals surface area contributed by atoms with Crippen molar-refractivity contribution >= 4 is 17.8 Å². The summed E-state index contributed by atoms with van der Waals surface area (Å²) in [6.45, 7) is 1.81. The van der Waals surface area contributed by atoms with Crippen molar-refractivity contribution in [1.82, 2.24) is 0 Å². The van der Waals surface area contributed by atoms with Gasteiger partial charge in [-0.3, -0.25) is 0 Å². The van der Waals surface area contributed by atoms with Crippen LogP contribution in [-0.2, 0) is 9.63 Å². The maximum absolute atomic E-state index is 12.0. The SMILES string of the molecule is CC(/C=C/c1ccccc1)=N\OC(=O)[C@H]1C[C@@H]1c1ccccc1. The lowest BCUT2D eigenvalue weighted by atomic mass is 10.1. The Hall–Kier alpha value is -2.68. The summed E-state index contributed by atoms with van der Waals surface area (Å²) in [5.41, 5.74) is 2.94. The van der Waals surface area contributed by atoms with Gasteiger partial charge in [0, 0.05) is 0 Å². The van der Waals surface area contributed by atoms with Crippen LogP contribution in [0.4, 0.5) is 0 Å². The average molecular weight is 305 g/mol. The molecule has 0 N–H and O–H groups in total. The molecule has 3 nitrogen and oxygen atoms in total. The van der Waals surface area contributed by atoms with Crippen LogP contribution in [0.2, 0.25) is 0 Å². The predicted octanol–water partition coefficient (Wildman–Crippen LogP) is 4.42. The predicted molar refractivity (Wildman–Crippen MR) is 92.0 cm³/mol. The molecule has 2 aromatic carbocycles. The van der Waals surface area contributed by atoms with E-state index in [9.17, 15) is 4.79 Å². The third kappa shape index (κ3) is 4.16. The van der Waals surface area contributed by atoms with Gasteiger partial charge in [-0.25, -0.2) is 4.79 Å². The number of hydrogen-bond acceptors (Lipinski definition) is 3. The first-order valence-electron chi connectivity index (χ1n) is 7.77. The molecule has 2 aromatic rings. The molecule has 0 heterocycles. The largest absolute Gasteiger partial charge is 0.338 e. The molecule has 0 bridgehead atoms. The van der Waals surface area contributed by atoms with E-state index >= 15 is 0 Å². The summed E-state index contributed by atoms with van der Waals surface area (Å²) in [6.07, 6.45) is 4.62. The molecule has 2 atom stereocenters. The summed E-state index contributed by atoms with van der Waals surface area (Å²) in [5.74, 6) is -0.0302. The van der Waals surface area contributed by atoms with Crippen molar-refractivity contribution in [3.8, 4) is 0 Å². The Morgan fingerprint density at radius 3 is 2.43 bits per heavy atom. The standard InChI is InChI=1S/C20H19NO2/c1-15(12-13-16-8-4-2-5-9-16)21-23-20(22)19-14-18(19)17-10-6-3-7-11-17/h2-13,18-19H,14H2,1H3/b13-12+,21-15+/t18-,19+/m1/s1. The van der Waals surface area contributed by atoms with Gasteiger partial charge in [0.15, 0.2) is 0 Å². The molecule has 0 aromatic heterocycles. The molecule has 1 aliphatic rings. The Kier molecular flexibility index (Phi) is 4.67. The van der Waals surface area contributed by atoms with Gasteiger partial charge in [0.2, 0.25) is 0 Å². The lowest BCUT2D eigenvalue weighted by Crippen LogP contribution is -2.05. The number of oxime groups is 1. The van der Waals surface area contributed by atoms with Gasteiger partial charge in [-0.15, -0.1) is 0 Å². The number of carbonyl (C=O) groups excluding carboxylic acids is 1. The van der Waals surface area contributed by atoms with E-state index in [-0.39, 0.29) is 17.8 Å². The summed E-state index contributed by atoms with van der Waals surface area (Å²) < 4.78 is 0. The van der Waals surface area contributed by atoms with Crippen molar-refractivity contribution in [1.29, 1.82) is 0 Å².